The zero-order chi connectivity index (χ0) is 22.3. The average molecular weight is 417 g/mol. The van der Waals surface area contributed by atoms with Crippen molar-refractivity contribution in [2.24, 2.45) is 0 Å². The van der Waals surface area contributed by atoms with Crippen molar-refractivity contribution in [3.8, 4) is 17.6 Å². The molecule has 3 rings (SSSR count). The summed E-state index contributed by atoms with van der Waals surface area (Å²) in [5, 5.41) is 12.6. The Kier molecular flexibility index (Phi) is 7.33. The summed E-state index contributed by atoms with van der Waals surface area (Å²) in [4.78, 5) is 12.4. The summed E-state index contributed by atoms with van der Waals surface area (Å²) in [6.45, 7) is 3.83. The van der Waals surface area contributed by atoms with Crippen LogP contribution in [0.3, 0.4) is 0 Å². The van der Waals surface area contributed by atoms with Gasteiger partial charge in [-0.05, 0) is 54.3 Å². The minimum Gasteiger partial charge on any atom is -0.497 e. The van der Waals surface area contributed by atoms with Crippen LogP contribution in [0.2, 0.25) is 0 Å². The van der Waals surface area contributed by atoms with Crippen molar-refractivity contribution >= 4 is 16.7 Å². The largest absolute Gasteiger partial charge is 0.497 e. The fraction of sp³-hybridized carbons (Fsp3) is 0.296. The Hall–Kier alpha value is -3.29. The van der Waals surface area contributed by atoms with Gasteiger partial charge in [0.05, 0.1) is 19.6 Å². The second-order valence-corrected chi connectivity index (χ2v) is 7.71. The lowest BCUT2D eigenvalue weighted by molar-refractivity contribution is -0.145. The van der Waals surface area contributed by atoms with E-state index in [0.717, 1.165) is 27.6 Å². The maximum atomic E-state index is 12.4. The number of methoxy groups -OCH3 is 1. The molecule has 31 heavy (non-hydrogen) atoms. The summed E-state index contributed by atoms with van der Waals surface area (Å²) in [6.07, 6.45) is 1.16. The van der Waals surface area contributed by atoms with Crippen LogP contribution in [0.15, 0.2) is 66.7 Å². The Bertz CT molecular complexity index is 1090. The lowest BCUT2D eigenvalue weighted by atomic mass is 9.97. The molecule has 1 N–H and O–H groups in total. The van der Waals surface area contributed by atoms with Gasteiger partial charge < -0.3 is 14.6 Å². The van der Waals surface area contributed by atoms with Crippen LogP contribution in [0.1, 0.15) is 43.7 Å². The number of carbonyl (C=O) groups excluding carboxylic acids is 1. The van der Waals surface area contributed by atoms with Crippen molar-refractivity contribution < 1.29 is 19.4 Å². The Morgan fingerprint density at radius 1 is 1.06 bits per heavy atom. The quantitative estimate of drug-likeness (QED) is 0.327. The number of benzene rings is 3. The average Bonchev–Trinajstić information content (AvgIpc) is 2.80. The van der Waals surface area contributed by atoms with Crippen molar-refractivity contribution in [3.63, 3.8) is 0 Å². The fourth-order valence-corrected chi connectivity index (χ4v) is 3.30. The summed E-state index contributed by atoms with van der Waals surface area (Å²) in [6, 6.07) is 21.2. The second kappa shape index (κ2) is 10.1. The Labute approximate surface area is 183 Å². The highest BCUT2D eigenvalue weighted by molar-refractivity contribution is 5.86. The van der Waals surface area contributed by atoms with Crippen molar-refractivity contribution in [1.29, 1.82) is 0 Å². The van der Waals surface area contributed by atoms with Crippen LogP contribution in [0.4, 0.5) is 0 Å². The zero-order valence-electron chi connectivity index (χ0n) is 18.2. The maximum absolute atomic E-state index is 12.4. The molecule has 3 aromatic carbocycles. The van der Waals surface area contributed by atoms with Crippen LogP contribution in [0.5, 0.6) is 5.75 Å². The molecule has 0 heterocycles. The molecule has 0 aromatic heterocycles. The van der Waals surface area contributed by atoms with Crippen molar-refractivity contribution in [3.05, 3.63) is 77.9 Å². The van der Waals surface area contributed by atoms with Crippen LogP contribution in [-0.4, -0.2) is 24.8 Å². The number of fused-ring (bicyclic) bond motifs is 1. The molecule has 0 radical (unpaired) electrons. The molecule has 4 nitrogen and oxygen atoms in total. The highest BCUT2D eigenvalue weighted by atomic mass is 16.5. The Morgan fingerprint density at radius 3 is 2.52 bits per heavy atom. The first-order valence-corrected chi connectivity index (χ1v) is 10.4. The normalized spacial score (nSPS) is 13.5. The molecule has 4 heteroatoms. The number of aliphatic hydroxyl groups is 1. The molecular weight excluding hydrogens is 388 g/mol. The van der Waals surface area contributed by atoms with E-state index in [9.17, 15) is 9.90 Å². The number of rotatable bonds is 7. The molecule has 160 valence electrons. The van der Waals surface area contributed by atoms with Crippen LogP contribution < -0.4 is 4.74 Å². The molecular formula is C27H28O4. The third-order valence-corrected chi connectivity index (χ3v) is 5.28. The Morgan fingerprint density at radius 2 is 1.77 bits per heavy atom. The molecule has 0 aliphatic heterocycles. The Balaban J connectivity index is 1.49. The lowest BCUT2D eigenvalue weighted by Crippen LogP contribution is -2.18. The van der Waals surface area contributed by atoms with E-state index < -0.39 is 5.60 Å². The first kappa shape index (κ1) is 22.4. The number of hydrogen-bond donors (Lipinski definition) is 1. The number of carbonyl (C=O) groups is 1. The minimum absolute atomic E-state index is 0.253. The maximum Gasteiger partial charge on any atom is 0.313 e. The van der Waals surface area contributed by atoms with Crippen molar-refractivity contribution in [1.82, 2.24) is 0 Å². The van der Waals surface area contributed by atoms with Crippen LogP contribution in [0.25, 0.3) is 10.8 Å². The van der Waals surface area contributed by atoms with Gasteiger partial charge in [0.1, 0.15) is 11.4 Å². The third kappa shape index (κ3) is 5.87. The van der Waals surface area contributed by atoms with Gasteiger partial charge in [-0.2, -0.15) is 0 Å². The number of ether oxygens (including phenoxy) is 2. The first-order chi connectivity index (χ1) is 14.9. The van der Waals surface area contributed by atoms with E-state index in [4.69, 9.17) is 9.47 Å². The molecule has 0 bridgehead atoms. The predicted octanol–water partition coefficient (Wildman–Crippen LogP) is 5.19. The van der Waals surface area contributed by atoms with E-state index in [2.05, 4.69) is 11.8 Å². The SMILES string of the molecule is COc1ccc2cc([C@H](C)C(=O)OCCCC#CC(C)(O)c3ccccc3)ccc2c1. The summed E-state index contributed by atoms with van der Waals surface area (Å²) < 4.78 is 10.7. The van der Waals surface area contributed by atoms with Gasteiger partial charge in [-0.1, -0.05) is 66.4 Å². The molecule has 0 aliphatic rings. The summed E-state index contributed by atoms with van der Waals surface area (Å²) in [7, 11) is 1.64. The summed E-state index contributed by atoms with van der Waals surface area (Å²) in [5.41, 5.74) is 0.491. The van der Waals surface area contributed by atoms with Gasteiger partial charge in [-0.25, -0.2) is 0 Å². The van der Waals surface area contributed by atoms with Crippen molar-refractivity contribution in [2.75, 3.05) is 13.7 Å². The summed E-state index contributed by atoms with van der Waals surface area (Å²) >= 11 is 0. The number of unbranched alkanes of at least 4 members (excludes halogenated alkanes) is 1. The standard InChI is InChI=1S/C27H28O4/c1-20(21-12-13-23-19-25(30-3)15-14-22(23)18-21)26(28)31-17-9-5-8-16-27(2,29)24-10-6-4-7-11-24/h4,6-7,10-15,18-20,29H,5,9,17H2,1-3H3/t20-,27?/m0/s1. The number of esters is 1. The molecule has 1 unspecified atom stereocenters. The molecule has 3 aromatic rings. The van der Waals surface area contributed by atoms with Gasteiger partial charge in [0.2, 0.25) is 0 Å². The topological polar surface area (TPSA) is 55.8 Å². The lowest BCUT2D eigenvalue weighted by Gasteiger charge is -2.16. The van der Waals surface area contributed by atoms with E-state index in [1.807, 2.05) is 73.7 Å². The second-order valence-electron chi connectivity index (χ2n) is 7.71. The fourth-order valence-electron chi connectivity index (χ4n) is 3.30. The molecule has 0 saturated carbocycles. The third-order valence-electron chi connectivity index (χ3n) is 5.28. The molecule has 0 aliphatic carbocycles. The van der Waals surface area contributed by atoms with Gasteiger partial charge in [-0.15, -0.1) is 0 Å². The van der Waals surface area contributed by atoms with Crippen molar-refractivity contribution in [2.45, 2.75) is 38.2 Å². The van der Waals surface area contributed by atoms with Gasteiger partial charge in [-0.3, -0.25) is 4.79 Å². The molecule has 0 spiro atoms. The minimum atomic E-state index is -1.19. The van der Waals surface area contributed by atoms with Gasteiger partial charge in [0, 0.05) is 6.42 Å². The monoisotopic (exact) mass is 416 g/mol. The highest BCUT2D eigenvalue weighted by Gasteiger charge is 2.19. The smallest absolute Gasteiger partial charge is 0.313 e. The molecule has 0 saturated heterocycles. The van der Waals surface area contributed by atoms with Gasteiger partial charge in [0.25, 0.3) is 0 Å². The predicted molar refractivity (Wildman–Crippen MR) is 123 cm³/mol. The van der Waals surface area contributed by atoms with E-state index >= 15 is 0 Å². The van der Waals surface area contributed by atoms with Gasteiger partial charge in [0.15, 0.2) is 0 Å². The molecule has 0 fully saturated rings. The zero-order valence-corrected chi connectivity index (χ0v) is 18.2. The van der Waals surface area contributed by atoms with E-state index in [0.29, 0.717) is 19.4 Å². The number of hydrogen-bond acceptors (Lipinski definition) is 4. The van der Waals surface area contributed by atoms with Crippen LogP contribution in [-0.2, 0) is 15.1 Å². The van der Waals surface area contributed by atoms with Crippen LogP contribution in [0, 0.1) is 11.8 Å². The first-order valence-electron chi connectivity index (χ1n) is 10.4. The van der Waals surface area contributed by atoms with E-state index in [1.54, 1.807) is 14.0 Å². The van der Waals surface area contributed by atoms with Crippen LogP contribution >= 0.6 is 0 Å². The van der Waals surface area contributed by atoms with E-state index in [1.165, 1.54) is 0 Å². The van der Waals surface area contributed by atoms with Gasteiger partial charge >= 0.3 is 5.97 Å². The molecule has 2 atom stereocenters. The van der Waals surface area contributed by atoms with E-state index in [-0.39, 0.29) is 11.9 Å². The summed E-state index contributed by atoms with van der Waals surface area (Å²) in [5.74, 6) is 6.08. The highest BCUT2D eigenvalue weighted by Crippen LogP contribution is 2.26. The molecule has 0 amide bonds.